The lowest BCUT2D eigenvalue weighted by molar-refractivity contribution is 0.0525. The fraction of sp³-hybridized carbons (Fsp3) is 0.200. The summed E-state index contributed by atoms with van der Waals surface area (Å²) in [6, 6.07) is 33.9. The smallest absolute Gasteiger partial charge is 0.338 e. The van der Waals surface area contributed by atoms with Crippen LogP contribution in [0.25, 0.3) is 11.5 Å². The predicted molar refractivity (Wildman–Crippen MR) is 162 cm³/mol. The van der Waals surface area contributed by atoms with Crippen LogP contribution in [0.15, 0.2) is 108 Å². The van der Waals surface area contributed by atoms with E-state index in [2.05, 4.69) is 35.0 Å². The molecule has 1 aromatic heterocycles. The van der Waals surface area contributed by atoms with Crippen molar-refractivity contribution in [2.75, 3.05) is 18.1 Å². The second-order valence-corrected chi connectivity index (χ2v) is 9.78. The summed E-state index contributed by atoms with van der Waals surface area (Å²) in [6.45, 7) is 7.15. The topological polar surface area (TPSA) is 64.8 Å². The van der Waals surface area contributed by atoms with Crippen LogP contribution in [0.5, 0.6) is 5.75 Å². The highest BCUT2D eigenvalue weighted by molar-refractivity contribution is 5.91. The molecule has 0 aliphatic carbocycles. The number of aromatic nitrogens is 1. The Morgan fingerprint density at radius 3 is 2.37 bits per heavy atom. The van der Waals surface area contributed by atoms with Crippen molar-refractivity contribution in [3.8, 4) is 17.2 Å². The van der Waals surface area contributed by atoms with Crippen molar-refractivity contribution in [1.29, 1.82) is 0 Å². The quantitative estimate of drug-likeness (QED) is 0.156. The molecule has 5 aromatic rings. The van der Waals surface area contributed by atoms with Crippen molar-refractivity contribution in [3.05, 3.63) is 131 Å². The van der Waals surface area contributed by atoms with E-state index in [1.54, 1.807) is 0 Å². The van der Waals surface area contributed by atoms with Gasteiger partial charge < -0.3 is 18.8 Å². The lowest BCUT2D eigenvalue weighted by Crippen LogP contribution is -2.19. The van der Waals surface area contributed by atoms with Crippen LogP contribution in [0.2, 0.25) is 0 Å². The van der Waals surface area contributed by atoms with Gasteiger partial charge in [-0.3, -0.25) is 0 Å². The van der Waals surface area contributed by atoms with E-state index in [0.717, 1.165) is 45.3 Å². The molecule has 0 amide bonds. The Bertz CT molecular complexity index is 1590. The number of carbonyl (C=O) groups is 1. The zero-order valence-electron chi connectivity index (χ0n) is 23.7. The van der Waals surface area contributed by atoms with Gasteiger partial charge in [-0.1, -0.05) is 48.5 Å². The van der Waals surface area contributed by atoms with E-state index >= 15 is 0 Å². The maximum absolute atomic E-state index is 12.6. The molecule has 0 saturated carbocycles. The van der Waals surface area contributed by atoms with E-state index in [0.29, 0.717) is 37.6 Å². The summed E-state index contributed by atoms with van der Waals surface area (Å²) in [7, 11) is 0. The van der Waals surface area contributed by atoms with Gasteiger partial charge in [0.05, 0.1) is 24.5 Å². The van der Waals surface area contributed by atoms with Crippen LogP contribution < -0.4 is 9.64 Å². The number of oxazole rings is 1. The molecule has 0 fully saturated rings. The first-order valence-corrected chi connectivity index (χ1v) is 13.9. The average Bonchev–Trinajstić information content (AvgIpc) is 3.37. The fourth-order valence-electron chi connectivity index (χ4n) is 4.72. The minimum atomic E-state index is -0.311. The molecular weight excluding hydrogens is 512 g/mol. The minimum absolute atomic E-state index is 0.311. The van der Waals surface area contributed by atoms with Gasteiger partial charge >= 0.3 is 5.97 Å². The minimum Gasteiger partial charge on any atom is -0.493 e. The molecule has 6 heteroatoms. The Kier molecular flexibility index (Phi) is 8.79. The first-order valence-electron chi connectivity index (χ1n) is 13.9. The highest BCUT2D eigenvalue weighted by atomic mass is 16.5. The molecule has 4 aromatic carbocycles. The molecular formula is C35H34N2O4. The number of benzene rings is 4. The van der Waals surface area contributed by atoms with Gasteiger partial charge in [-0.2, -0.15) is 0 Å². The van der Waals surface area contributed by atoms with Crippen LogP contribution in [0.1, 0.15) is 39.9 Å². The Hall–Kier alpha value is -4.84. The predicted octanol–water partition coefficient (Wildman–Crippen LogP) is 8.09. The number of hydrogen-bond donors (Lipinski definition) is 0. The first-order chi connectivity index (χ1) is 20.0. The van der Waals surface area contributed by atoms with Crippen molar-refractivity contribution in [2.45, 2.75) is 33.7 Å². The zero-order chi connectivity index (χ0) is 28.6. The average molecular weight is 547 g/mol. The molecule has 0 N–H and O–H groups in total. The third-order valence-electron chi connectivity index (χ3n) is 6.82. The molecule has 41 heavy (non-hydrogen) atoms. The molecule has 0 radical (unpaired) electrons. The highest BCUT2D eigenvalue weighted by Gasteiger charge is 2.17. The highest BCUT2D eigenvalue weighted by Crippen LogP contribution is 2.31. The van der Waals surface area contributed by atoms with Crippen LogP contribution in [-0.4, -0.2) is 24.2 Å². The number of nitrogens with zero attached hydrogens (tertiary/aromatic N) is 2. The largest absolute Gasteiger partial charge is 0.493 e. The molecule has 1 heterocycles. The molecule has 0 aliphatic rings. The monoisotopic (exact) mass is 546 g/mol. The Morgan fingerprint density at radius 1 is 0.854 bits per heavy atom. The summed E-state index contributed by atoms with van der Waals surface area (Å²) >= 11 is 0. The summed E-state index contributed by atoms with van der Waals surface area (Å²) in [5, 5.41) is 0. The third-order valence-corrected chi connectivity index (χ3v) is 6.82. The zero-order valence-corrected chi connectivity index (χ0v) is 23.7. The number of esters is 1. The van der Waals surface area contributed by atoms with Crippen molar-refractivity contribution in [1.82, 2.24) is 4.98 Å². The van der Waals surface area contributed by atoms with E-state index in [1.165, 1.54) is 0 Å². The molecule has 0 atom stereocenters. The summed E-state index contributed by atoms with van der Waals surface area (Å²) < 4.78 is 17.3. The molecule has 0 aliphatic heterocycles. The standard InChI is InChI=1S/C35H34N2O4/c1-4-39-35(38)32-16-9-8-14-28(32)24-37(30-15-10-11-25(2)23-30)29-17-19-31(20-18-29)40-22-21-33-26(3)41-34(36-33)27-12-6-5-7-13-27/h5-20,23H,4,21-22,24H2,1-3H3. The van der Waals surface area contributed by atoms with E-state index in [4.69, 9.17) is 13.9 Å². The summed E-state index contributed by atoms with van der Waals surface area (Å²) in [5.41, 5.74) is 6.50. The second kappa shape index (κ2) is 13.0. The Labute approximate surface area is 241 Å². The lowest BCUT2D eigenvalue weighted by atomic mass is 10.1. The second-order valence-electron chi connectivity index (χ2n) is 9.78. The molecule has 0 spiro atoms. The van der Waals surface area contributed by atoms with Crippen LogP contribution >= 0.6 is 0 Å². The number of hydrogen-bond acceptors (Lipinski definition) is 6. The van der Waals surface area contributed by atoms with Gasteiger partial charge in [-0.25, -0.2) is 9.78 Å². The van der Waals surface area contributed by atoms with Crippen LogP contribution in [0.3, 0.4) is 0 Å². The van der Waals surface area contributed by atoms with Crippen molar-refractivity contribution >= 4 is 17.3 Å². The van der Waals surface area contributed by atoms with E-state index in [-0.39, 0.29) is 5.97 Å². The van der Waals surface area contributed by atoms with Gasteiger partial charge in [-0.05, 0) is 86.5 Å². The summed E-state index contributed by atoms with van der Waals surface area (Å²) in [5.74, 6) is 1.89. The van der Waals surface area contributed by atoms with Crippen LogP contribution in [0, 0.1) is 13.8 Å². The van der Waals surface area contributed by atoms with Gasteiger partial charge in [0, 0.05) is 29.9 Å². The number of carbonyl (C=O) groups excluding carboxylic acids is 1. The van der Waals surface area contributed by atoms with Crippen molar-refractivity contribution in [2.24, 2.45) is 0 Å². The van der Waals surface area contributed by atoms with Gasteiger partial charge in [0.15, 0.2) is 0 Å². The maximum atomic E-state index is 12.6. The van der Waals surface area contributed by atoms with Crippen molar-refractivity contribution in [3.63, 3.8) is 0 Å². The number of rotatable bonds is 11. The molecule has 0 bridgehead atoms. The van der Waals surface area contributed by atoms with Gasteiger partial charge in [0.2, 0.25) is 5.89 Å². The maximum Gasteiger partial charge on any atom is 0.338 e. The molecule has 6 nitrogen and oxygen atoms in total. The van der Waals surface area contributed by atoms with E-state index in [1.807, 2.05) is 98.8 Å². The van der Waals surface area contributed by atoms with Crippen molar-refractivity contribution < 1.29 is 18.7 Å². The lowest BCUT2D eigenvalue weighted by Gasteiger charge is -2.26. The van der Waals surface area contributed by atoms with Gasteiger partial charge in [-0.15, -0.1) is 0 Å². The third kappa shape index (κ3) is 6.84. The summed E-state index contributed by atoms with van der Waals surface area (Å²) in [4.78, 5) is 19.5. The van der Waals surface area contributed by atoms with Crippen LogP contribution in [0.4, 0.5) is 11.4 Å². The normalized spacial score (nSPS) is 10.8. The first kappa shape index (κ1) is 27.7. The fourth-order valence-corrected chi connectivity index (χ4v) is 4.72. The summed E-state index contributed by atoms with van der Waals surface area (Å²) in [6.07, 6.45) is 0.643. The molecule has 208 valence electrons. The Balaban J connectivity index is 1.31. The number of ether oxygens (including phenoxy) is 2. The molecule has 5 rings (SSSR count). The SMILES string of the molecule is CCOC(=O)c1ccccc1CN(c1ccc(OCCc2nc(-c3ccccc3)oc2C)cc1)c1cccc(C)c1. The van der Waals surface area contributed by atoms with Gasteiger partial charge in [0.25, 0.3) is 0 Å². The van der Waals surface area contributed by atoms with Gasteiger partial charge in [0.1, 0.15) is 11.5 Å². The molecule has 0 unspecified atom stereocenters. The van der Waals surface area contributed by atoms with Crippen LogP contribution in [-0.2, 0) is 17.7 Å². The van der Waals surface area contributed by atoms with E-state index in [9.17, 15) is 4.79 Å². The van der Waals surface area contributed by atoms with E-state index < -0.39 is 0 Å². The number of aryl methyl sites for hydroxylation is 2. The number of anilines is 2. The Morgan fingerprint density at radius 2 is 1.61 bits per heavy atom. The molecule has 0 saturated heterocycles.